The van der Waals surface area contributed by atoms with Gasteiger partial charge in [0, 0.05) is 6.42 Å². The van der Waals surface area contributed by atoms with Crippen molar-refractivity contribution in [3.05, 3.63) is 23.3 Å². The van der Waals surface area contributed by atoms with E-state index in [0.29, 0.717) is 29.2 Å². The molecule has 6 aliphatic rings. The van der Waals surface area contributed by atoms with E-state index < -0.39 is 0 Å². The van der Waals surface area contributed by atoms with E-state index in [1.807, 2.05) is 19.1 Å². The van der Waals surface area contributed by atoms with Gasteiger partial charge >= 0.3 is 5.97 Å². The minimum atomic E-state index is -0.373. The highest BCUT2D eigenvalue weighted by Gasteiger charge is 2.77. The van der Waals surface area contributed by atoms with E-state index in [9.17, 15) is 14.7 Å². The van der Waals surface area contributed by atoms with Gasteiger partial charge in [-0.15, -0.1) is 0 Å². The zero-order valence-corrected chi connectivity index (χ0v) is 20.4. The standard InChI is InChI=1S/C28H38O5/c1-15-12-22(32-25(31)18(15)14-29)16(2)19-7-8-20-17-13-24-28(33-24)10-5-6-23(30)27(28,4)21(17)9-11-26(19,20)3/h5-6,16-17,19-22,24,29H,7-14H2,1-4H3/t16-,17-,19+,20-,21-,22-,24+,26+,27-,28+/m0/s1. The van der Waals surface area contributed by atoms with Crippen LogP contribution < -0.4 is 0 Å². The van der Waals surface area contributed by atoms with E-state index in [1.165, 1.54) is 6.42 Å². The van der Waals surface area contributed by atoms with Crippen LogP contribution in [-0.4, -0.2) is 41.3 Å². The molecule has 1 N–H and O–H groups in total. The number of epoxide rings is 1. The van der Waals surface area contributed by atoms with Gasteiger partial charge in [0.25, 0.3) is 0 Å². The molecule has 0 unspecified atom stereocenters. The maximum Gasteiger partial charge on any atom is 0.336 e. The molecule has 0 bridgehead atoms. The summed E-state index contributed by atoms with van der Waals surface area (Å²) in [6.07, 6.45) is 11.3. The average molecular weight is 455 g/mol. The number of aliphatic hydroxyl groups excluding tert-OH is 1. The van der Waals surface area contributed by atoms with E-state index in [-0.39, 0.29) is 52.9 Å². The number of allylic oxidation sites excluding steroid dienone is 1. The van der Waals surface area contributed by atoms with Crippen molar-refractivity contribution in [3.8, 4) is 0 Å². The Kier molecular flexibility index (Phi) is 4.70. The zero-order valence-electron chi connectivity index (χ0n) is 20.4. The van der Waals surface area contributed by atoms with E-state index in [0.717, 1.165) is 44.1 Å². The molecule has 0 aromatic carbocycles. The molecular formula is C28H38O5. The molecular weight excluding hydrogens is 416 g/mol. The monoisotopic (exact) mass is 454 g/mol. The fraction of sp³-hybridized carbons (Fsp3) is 0.786. The Morgan fingerprint density at radius 3 is 2.70 bits per heavy atom. The van der Waals surface area contributed by atoms with Crippen LogP contribution in [0.4, 0.5) is 0 Å². The molecule has 0 aromatic heterocycles. The smallest absolute Gasteiger partial charge is 0.336 e. The first kappa shape index (κ1) is 22.0. The Balaban J connectivity index is 1.26. The molecule has 5 heteroatoms. The molecule has 5 nitrogen and oxygen atoms in total. The Labute approximate surface area is 197 Å². The Bertz CT molecular complexity index is 965. The van der Waals surface area contributed by atoms with E-state index >= 15 is 0 Å². The number of carbonyl (C=O) groups excluding carboxylic acids is 2. The molecule has 0 amide bonds. The number of fused-ring (bicyclic) bond motifs is 4. The summed E-state index contributed by atoms with van der Waals surface area (Å²) in [7, 11) is 0. The lowest BCUT2D eigenvalue weighted by atomic mass is 9.44. The largest absolute Gasteiger partial charge is 0.458 e. The number of hydrogen-bond donors (Lipinski definition) is 1. The fourth-order valence-corrected chi connectivity index (χ4v) is 9.61. The van der Waals surface area contributed by atoms with E-state index in [1.54, 1.807) is 0 Å². The number of cyclic esters (lactones) is 1. The topological polar surface area (TPSA) is 76.1 Å². The van der Waals surface area contributed by atoms with Gasteiger partial charge in [-0.25, -0.2) is 4.79 Å². The minimum absolute atomic E-state index is 0.112. The predicted molar refractivity (Wildman–Crippen MR) is 123 cm³/mol. The van der Waals surface area contributed by atoms with Crippen LogP contribution in [0, 0.1) is 40.4 Å². The normalized spacial score (nSPS) is 51.3. The molecule has 1 spiro atoms. The van der Waals surface area contributed by atoms with Gasteiger partial charge < -0.3 is 14.6 Å². The first-order valence-electron chi connectivity index (χ1n) is 13.1. The van der Waals surface area contributed by atoms with Gasteiger partial charge in [0.1, 0.15) is 11.7 Å². The summed E-state index contributed by atoms with van der Waals surface area (Å²) in [5.74, 6) is 2.28. The number of hydrogen-bond acceptors (Lipinski definition) is 5. The van der Waals surface area contributed by atoms with Crippen LogP contribution >= 0.6 is 0 Å². The second-order valence-electron chi connectivity index (χ2n) is 12.4. The summed E-state index contributed by atoms with van der Waals surface area (Å²) in [4.78, 5) is 25.7. The maximum atomic E-state index is 13.3. The van der Waals surface area contributed by atoms with Crippen molar-refractivity contribution in [2.75, 3.05) is 6.61 Å². The van der Waals surface area contributed by atoms with Gasteiger partial charge in [-0.2, -0.15) is 0 Å². The summed E-state index contributed by atoms with van der Waals surface area (Å²) in [6, 6.07) is 0. The third-order valence-electron chi connectivity index (χ3n) is 11.5. The molecule has 6 rings (SSSR count). The predicted octanol–water partition coefficient (Wildman–Crippen LogP) is 4.38. The molecule has 0 radical (unpaired) electrons. The second-order valence-corrected chi connectivity index (χ2v) is 12.4. The van der Waals surface area contributed by atoms with Crippen molar-refractivity contribution in [2.24, 2.45) is 40.4 Å². The van der Waals surface area contributed by atoms with Crippen molar-refractivity contribution in [1.82, 2.24) is 0 Å². The summed E-state index contributed by atoms with van der Waals surface area (Å²) in [5.41, 5.74) is 1.01. The molecule has 2 aliphatic heterocycles. The summed E-state index contributed by atoms with van der Waals surface area (Å²) in [6.45, 7) is 8.68. The first-order valence-corrected chi connectivity index (χ1v) is 13.1. The van der Waals surface area contributed by atoms with Gasteiger partial charge in [0.05, 0.1) is 23.7 Å². The lowest BCUT2D eigenvalue weighted by Crippen LogP contribution is -2.60. The first-order chi connectivity index (χ1) is 15.7. The van der Waals surface area contributed by atoms with Crippen molar-refractivity contribution in [3.63, 3.8) is 0 Å². The molecule has 0 aromatic rings. The van der Waals surface area contributed by atoms with Crippen LogP contribution in [-0.2, 0) is 19.1 Å². The average Bonchev–Trinajstić information content (AvgIpc) is 3.36. The Hall–Kier alpha value is -1.46. The van der Waals surface area contributed by atoms with Gasteiger partial charge in [0.2, 0.25) is 0 Å². The molecule has 3 saturated carbocycles. The highest BCUT2D eigenvalue weighted by Crippen LogP contribution is 2.73. The van der Waals surface area contributed by atoms with Gasteiger partial charge in [-0.05, 0) is 93.5 Å². The third-order valence-corrected chi connectivity index (χ3v) is 11.5. The Morgan fingerprint density at radius 1 is 1.18 bits per heavy atom. The van der Waals surface area contributed by atoms with Crippen LogP contribution in [0.25, 0.3) is 0 Å². The molecule has 1 saturated heterocycles. The van der Waals surface area contributed by atoms with Crippen LogP contribution in [0.2, 0.25) is 0 Å². The van der Waals surface area contributed by atoms with Gasteiger partial charge in [-0.3, -0.25) is 4.79 Å². The summed E-state index contributed by atoms with van der Waals surface area (Å²) >= 11 is 0. The van der Waals surface area contributed by atoms with Crippen LogP contribution in [0.3, 0.4) is 0 Å². The molecule has 4 fully saturated rings. The maximum absolute atomic E-state index is 13.3. The molecule has 180 valence electrons. The minimum Gasteiger partial charge on any atom is -0.458 e. The SMILES string of the molecule is CC1=C(CO)C(=O)O[C@H]([C@@H](C)[C@H]2CC[C@H]3[C@@H]4C[C@H]5O[C@]56CC=CC(=O)[C@]6(C)[C@H]4CC[C@]23C)C1. The molecule has 10 atom stereocenters. The van der Waals surface area contributed by atoms with Crippen molar-refractivity contribution in [2.45, 2.75) is 90.4 Å². The summed E-state index contributed by atoms with van der Waals surface area (Å²) < 4.78 is 12.2. The second kappa shape index (κ2) is 7.04. The molecule has 33 heavy (non-hydrogen) atoms. The lowest BCUT2D eigenvalue weighted by Gasteiger charge is -2.57. The van der Waals surface area contributed by atoms with Crippen LogP contribution in [0.1, 0.15) is 72.6 Å². The number of carbonyl (C=O) groups is 2. The van der Waals surface area contributed by atoms with Crippen molar-refractivity contribution in [1.29, 1.82) is 0 Å². The van der Waals surface area contributed by atoms with Crippen LogP contribution in [0.15, 0.2) is 23.3 Å². The fourth-order valence-electron chi connectivity index (χ4n) is 9.61. The third kappa shape index (κ3) is 2.67. The highest BCUT2D eigenvalue weighted by atomic mass is 16.6. The van der Waals surface area contributed by atoms with Crippen molar-refractivity contribution >= 4 is 11.8 Å². The lowest BCUT2D eigenvalue weighted by molar-refractivity contribution is -0.153. The quantitative estimate of drug-likeness (QED) is 0.506. The zero-order chi connectivity index (χ0) is 23.3. The Morgan fingerprint density at radius 2 is 1.97 bits per heavy atom. The van der Waals surface area contributed by atoms with E-state index in [4.69, 9.17) is 9.47 Å². The number of aliphatic hydroxyl groups is 1. The van der Waals surface area contributed by atoms with Crippen LogP contribution in [0.5, 0.6) is 0 Å². The summed E-state index contributed by atoms with van der Waals surface area (Å²) in [5, 5.41) is 9.52. The number of ketones is 1. The molecule has 4 aliphatic carbocycles. The van der Waals surface area contributed by atoms with E-state index in [2.05, 4.69) is 20.8 Å². The van der Waals surface area contributed by atoms with Crippen molar-refractivity contribution < 1.29 is 24.2 Å². The highest BCUT2D eigenvalue weighted by molar-refractivity contribution is 5.97. The number of esters is 1. The van der Waals surface area contributed by atoms with Gasteiger partial charge in [-0.1, -0.05) is 25.5 Å². The number of ether oxygens (including phenoxy) is 2. The molecule has 2 heterocycles. The number of rotatable bonds is 3. The van der Waals surface area contributed by atoms with Gasteiger partial charge in [0.15, 0.2) is 5.78 Å².